The molecule has 1 heterocycles. The first-order valence-electron chi connectivity index (χ1n) is 5.02. The number of nitrogens with zero attached hydrogens (tertiary/aromatic N) is 1. The van der Waals surface area contributed by atoms with Crippen LogP contribution in [-0.2, 0) is 0 Å². The molecular formula is C12H12BrNO2. The first-order valence-corrected chi connectivity index (χ1v) is 5.81. The zero-order valence-corrected chi connectivity index (χ0v) is 10.4. The summed E-state index contributed by atoms with van der Waals surface area (Å²) >= 11 is 3.41. The topological polar surface area (TPSA) is 42.4 Å². The molecule has 0 aliphatic heterocycles. The minimum atomic E-state index is -0.216. The second-order valence-corrected chi connectivity index (χ2v) is 4.53. The maximum absolute atomic E-state index is 8.90. The van der Waals surface area contributed by atoms with Crippen molar-refractivity contribution in [3.05, 3.63) is 34.9 Å². The number of hydrogen-bond donors (Lipinski definition) is 1. The van der Waals surface area contributed by atoms with Gasteiger partial charge in [-0.3, -0.25) is 4.98 Å². The predicted octanol–water partition coefficient (Wildman–Crippen LogP) is 2.76. The van der Waals surface area contributed by atoms with E-state index in [0.717, 1.165) is 15.4 Å². The van der Waals surface area contributed by atoms with E-state index in [1.165, 1.54) is 0 Å². The summed E-state index contributed by atoms with van der Waals surface area (Å²) in [5.41, 5.74) is 0.923. The summed E-state index contributed by atoms with van der Waals surface area (Å²) in [4.78, 5) is 4.28. The highest BCUT2D eigenvalue weighted by atomic mass is 79.9. The lowest BCUT2D eigenvalue weighted by atomic mass is 10.2. The van der Waals surface area contributed by atoms with E-state index < -0.39 is 0 Å². The average molecular weight is 282 g/mol. The van der Waals surface area contributed by atoms with E-state index in [0.29, 0.717) is 5.75 Å². The maximum atomic E-state index is 8.90. The molecule has 0 saturated carbocycles. The monoisotopic (exact) mass is 281 g/mol. The van der Waals surface area contributed by atoms with Crippen LogP contribution in [0.5, 0.6) is 5.75 Å². The van der Waals surface area contributed by atoms with E-state index in [2.05, 4.69) is 20.9 Å². The van der Waals surface area contributed by atoms with E-state index in [4.69, 9.17) is 9.84 Å². The fourth-order valence-electron chi connectivity index (χ4n) is 1.42. The first-order chi connectivity index (χ1) is 7.69. The van der Waals surface area contributed by atoms with Crippen molar-refractivity contribution in [2.45, 2.75) is 13.0 Å². The normalized spacial score (nSPS) is 12.7. The lowest BCUT2D eigenvalue weighted by Gasteiger charge is -2.11. The molecule has 0 aliphatic carbocycles. The summed E-state index contributed by atoms with van der Waals surface area (Å²) in [7, 11) is 0. The molecule has 0 bridgehead atoms. The Morgan fingerprint density at radius 1 is 1.44 bits per heavy atom. The van der Waals surface area contributed by atoms with Crippen LogP contribution in [0.25, 0.3) is 10.9 Å². The lowest BCUT2D eigenvalue weighted by molar-refractivity contribution is 0.129. The largest absolute Gasteiger partial charge is 0.487 e. The molecule has 1 aromatic heterocycles. The Hall–Kier alpha value is -1.13. The summed E-state index contributed by atoms with van der Waals surface area (Å²) in [6.45, 7) is 1.81. The molecule has 2 rings (SSSR count). The molecule has 1 aromatic carbocycles. The molecule has 1 N–H and O–H groups in total. The van der Waals surface area contributed by atoms with Gasteiger partial charge in [-0.25, -0.2) is 0 Å². The average Bonchev–Trinajstić information content (AvgIpc) is 2.28. The van der Waals surface area contributed by atoms with Gasteiger partial charge in [-0.15, -0.1) is 0 Å². The van der Waals surface area contributed by atoms with Gasteiger partial charge in [-0.05, 0) is 31.2 Å². The molecule has 0 amide bonds. The van der Waals surface area contributed by atoms with Crippen LogP contribution in [0.2, 0.25) is 0 Å². The molecule has 84 valence electrons. The zero-order valence-electron chi connectivity index (χ0n) is 8.85. The van der Waals surface area contributed by atoms with E-state index >= 15 is 0 Å². The number of aliphatic hydroxyl groups excluding tert-OH is 1. The molecule has 0 radical (unpaired) electrons. The van der Waals surface area contributed by atoms with Gasteiger partial charge < -0.3 is 9.84 Å². The van der Waals surface area contributed by atoms with Crippen LogP contribution >= 0.6 is 15.9 Å². The van der Waals surface area contributed by atoms with Crippen LogP contribution in [-0.4, -0.2) is 22.8 Å². The number of pyridine rings is 1. The van der Waals surface area contributed by atoms with Gasteiger partial charge in [0, 0.05) is 9.86 Å². The molecule has 16 heavy (non-hydrogen) atoms. The highest BCUT2D eigenvalue weighted by Crippen LogP contribution is 2.22. The van der Waals surface area contributed by atoms with Crippen LogP contribution in [0.4, 0.5) is 0 Å². The summed E-state index contributed by atoms with van der Waals surface area (Å²) in [5.74, 6) is 0.673. The van der Waals surface area contributed by atoms with Crippen LogP contribution in [0.1, 0.15) is 6.92 Å². The molecule has 0 saturated heterocycles. The molecule has 0 fully saturated rings. The highest BCUT2D eigenvalue weighted by molar-refractivity contribution is 9.10. The minimum Gasteiger partial charge on any atom is -0.487 e. The van der Waals surface area contributed by atoms with Gasteiger partial charge in [-0.2, -0.15) is 0 Å². The first kappa shape index (κ1) is 11.4. The molecule has 0 aliphatic rings. The SMILES string of the molecule is C[C@@H](CO)Oc1cnc2ccc(Br)cc2c1. The van der Waals surface area contributed by atoms with Gasteiger partial charge in [0.05, 0.1) is 18.3 Å². The molecule has 2 aromatic rings. The second kappa shape index (κ2) is 4.80. The van der Waals surface area contributed by atoms with Crippen LogP contribution in [0.15, 0.2) is 34.9 Å². The third-order valence-corrected chi connectivity index (χ3v) is 2.71. The summed E-state index contributed by atoms with van der Waals surface area (Å²) in [6, 6.07) is 7.79. The predicted molar refractivity (Wildman–Crippen MR) is 66.6 cm³/mol. The van der Waals surface area contributed by atoms with Crippen LogP contribution in [0, 0.1) is 0 Å². The molecule has 0 unspecified atom stereocenters. The minimum absolute atomic E-state index is 0.00345. The van der Waals surface area contributed by atoms with Gasteiger partial charge in [0.1, 0.15) is 11.9 Å². The molecule has 0 spiro atoms. The van der Waals surface area contributed by atoms with Crippen LogP contribution < -0.4 is 4.74 Å². The van der Waals surface area contributed by atoms with Crippen molar-refractivity contribution in [2.75, 3.05) is 6.61 Å². The lowest BCUT2D eigenvalue weighted by Crippen LogP contribution is -2.16. The number of ether oxygens (including phenoxy) is 1. The number of fused-ring (bicyclic) bond motifs is 1. The van der Waals surface area contributed by atoms with Crippen molar-refractivity contribution in [3.63, 3.8) is 0 Å². The Bertz CT molecular complexity index is 501. The Balaban J connectivity index is 2.35. The number of halogens is 1. The Morgan fingerprint density at radius 2 is 2.25 bits per heavy atom. The second-order valence-electron chi connectivity index (χ2n) is 3.62. The standard InChI is InChI=1S/C12H12BrNO2/c1-8(7-15)16-11-5-9-4-10(13)2-3-12(9)14-6-11/h2-6,8,15H,7H2,1H3/t8-/m0/s1. The Morgan fingerprint density at radius 3 is 3.00 bits per heavy atom. The van der Waals surface area contributed by atoms with Crippen molar-refractivity contribution < 1.29 is 9.84 Å². The van der Waals surface area contributed by atoms with E-state index in [-0.39, 0.29) is 12.7 Å². The number of aromatic nitrogens is 1. The zero-order chi connectivity index (χ0) is 11.5. The quantitative estimate of drug-likeness (QED) is 0.941. The smallest absolute Gasteiger partial charge is 0.138 e. The third-order valence-electron chi connectivity index (χ3n) is 2.21. The maximum Gasteiger partial charge on any atom is 0.138 e. The molecule has 3 nitrogen and oxygen atoms in total. The van der Waals surface area contributed by atoms with Crippen LogP contribution in [0.3, 0.4) is 0 Å². The Labute approximate surface area is 102 Å². The summed E-state index contributed by atoms with van der Waals surface area (Å²) in [6.07, 6.45) is 1.45. The van der Waals surface area contributed by atoms with E-state index in [9.17, 15) is 0 Å². The van der Waals surface area contributed by atoms with Crippen molar-refractivity contribution in [1.82, 2.24) is 4.98 Å². The summed E-state index contributed by atoms with van der Waals surface area (Å²) in [5, 5.41) is 9.91. The number of benzene rings is 1. The van der Waals surface area contributed by atoms with Gasteiger partial charge in [0.15, 0.2) is 0 Å². The Kier molecular flexibility index (Phi) is 3.41. The van der Waals surface area contributed by atoms with Gasteiger partial charge in [0.2, 0.25) is 0 Å². The number of rotatable bonds is 3. The molecule has 1 atom stereocenters. The van der Waals surface area contributed by atoms with E-state index in [1.807, 2.05) is 31.2 Å². The fraction of sp³-hybridized carbons (Fsp3) is 0.250. The van der Waals surface area contributed by atoms with E-state index in [1.54, 1.807) is 6.20 Å². The van der Waals surface area contributed by atoms with Crippen molar-refractivity contribution in [1.29, 1.82) is 0 Å². The number of hydrogen-bond acceptors (Lipinski definition) is 3. The summed E-state index contributed by atoms with van der Waals surface area (Å²) < 4.78 is 6.49. The van der Waals surface area contributed by atoms with Crippen molar-refractivity contribution in [3.8, 4) is 5.75 Å². The molecular weight excluding hydrogens is 270 g/mol. The van der Waals surface area contributed by atoms with Gasteiger partial charge in [0.25, 0.3) is 0 Å². The molecule has 4 heteroatoms. The number of aliphatic hydroxyl groups is 1. The van der Waals surface area contributed by atoms with Gasteiger partial charge in [-0.1, -0.05) is 15.9 Å². The highest BCUT2D eigenvalue weighted by Gasteiger charge is 2.04. The van der Waals surface area contributed by atoms with Gasteiger partial charge >= 0.3 is 0 Å². The van der Waals surface area contributed by atoms with Crippen molar-refractivity contribution >= 4 is 26.8 Å². The fourth-order valence-corrected chi connectivity index (χ4v) is 1.80. The third kappa shape index (κ3) is 2.51. The van der Waals surface area contributed by atoms with Crippen molar-refractivity contribution in [2.24, 2.45) is 0 Å².